The van der Waals surface area contributed by atoms with E-state index in [2.05, 4.69) is 33.0 Å². The normalized spacial score (nSPS) is 10.1. The van der Waals surface area contributed by atoms with E-state index in [4.69, 9.17) is 0 Å². The van der Waals surface area contributed by atoms with Crippen molar-refractivity contribution in [3.8, 4) is 0 Å². The minimum atomic E-state index is 0.720. The van der Waals surface area contributed by atoms with Gasteiger partial charge in [-0.1, -0.05) is 40.2 Å². The van der Waals surface area contributed by atoms with Gasteiger partial charge in [-0.05, 0) is 29.8 Å². The Morgan fingerprint density at radius 3 is 2.44 bits per heavy atom. The number of para-hydroxylation sites is 1. The molecule has 0 saturated heterocycles. The summed E-state index contributed by atoms with van der Waals surface area (Å²) in [5, 5.41) is 0. The number of hydrogen-bond donors (Lipinski definition) is 0. The van der Waals surface area contributed by atoms with Crippen LogP contribution in [0.1, 0.15) is 15.9 Å². The van der Waals surface area contributed by atoms with Gasteiger partial charge in [0.05, 0.1) is 0 Å². The van der Waals surface area contributed by atoms with Crippen LogP contribution in [0.25, 0.3) is 0 Å². The Kier molecular flexibility index (Phi) is 4.15. The quantitative estimate of drug-likeness (QED) is 0.799. The Morgan fingerprint density at radius 2 is 1.78 bits per heavy atom. The van der Waals surface area contributed by atoms with Crippen molar-refractivity contribution in [1.82, 2.24) is 0 Å². The number of aldehydes is 1. The number of hydrogen-bond acceptors (Lipinski definition) is 2. The minimum absolute atomic E-state index is 0.720. The molecule has 0 bridgehead atoms. The van der Waals surface area contributed by atoms with Crippen LogP contribution in [0.5, 0.6) is 0 Å². The van der Waals surface area contributed by atoms with Crippen LogP contribution in [0.15, 0.2) is 53.0 Å². The molecule has 0 aliphatic heterocycles. The van der Waals surface area contributed by atoms with Crippen molar-refractivity contribution in [2.75, 3.05) is 11.9 Å². The number of halogens is 1. The Morgan fingerprint density at radius 1 is 1.11 bits per heavy atom. The lowest BCUT2D eigenvalue weighted by atomic mass is 10.1. The first-order valence-electron chi connectivity index (χ1n) is 5.70. The van der Waals surface area contributed by atoms with Crippen LogP contribution >= 0.6 is 15.9 Å². The van der Waals surface area contributed by atoms with Crippen molar-refractivity contribution in [3.05, 3.63) is 64.1 Å². The monoisotopic (exact) mass is 303 g/mol. The van der Waals surface area contributed by atoms with Crippen molar-refractivity contribution in [2.24, 2.45) is 0 Å². The van der Waals surface area contributed by atoms with Gasteiger partial charge in [-0.25, -0.2) is 0 Å². The molecule has 0 heterocycles. The second-order valence-corrected chi connectivity index (χ2v) is 5.07. The number of carbonyl (C=O) groups excluding carboxylic acids is 1. The summed E-state index contributed by atoms with van der Waals surface area (Å²) in [4.78, 5) is 13.1. The molecule has 0 aliphatic carbocycles. The van der Waals surface area contributed by atoms with Crippen molar-refractivity contribution >= 4 is 27.9 Å². The summed E-state index contributed by atoms with van der Waals surface area (Å²) in [6, 6.07) is 15.8. The van der Waals surface area contributed by atoms with Gasteiger partial charge in [0.1, 0.15) is 0 Å². The zero-order valence-electron chi connectivity index (χ0n) is 10.1. The van der Waals surface area contributed by atoms with Gasteiger partial charge in [0.25, 0.3) is 0 Å². The van der Waals surface area contributed by atoms with Gasteiger partial charge in [-0.2, -0.15) is 0 Å². The molecule has 0 atom stereocenters. The second-order valence-electron chi connectivity index (χ2n) is 4.16. The highest BCUT2D eigenvalue weighted by atomic mass is 79.9. The standard InChI is InChI=1S/C15H14BrNO/c1-17(10-12-6-8-14(16)9-7-12)15-5-3-2-4-13(15)11-18/h2-9,11H,10H2,1H3. The lowest BCUT2D eigenvalue weighted by molar-refractivity contribution is 0.112. The van der Waals surface area contributed by atoms with E-state index >= 15 is 0 Å². The summed E-state index contributed by atoms with van der Waals surface area (Å²) in [7, 11) is 1.99. The maximum atomic E-state index is 11.0. The molecule has 0 unspecified atom stereocenters. The Labute approximate surface area is 115 Å². The summed E-state index contributed by atoms with van der Waals surface area (Å²) in [6.07, 6.45) is 0.896. The van der Waals surface area contributed by atoms with Crippen molar-refractivity contribution in [3.63, 3.8) is 0 Å². The SMILES string of the molecule is CN(Cc1ccc(Br)cc1)c1ccccc1C=O. The van der Waals surface area contributed by atoms with Crippen molar-refractivity contribution < 1.29 is 4.79 Å². The van der Waals surface area contributed by atoms with Gasteiger partial charge in [0.15, 0.2) is 6.29 Å². The van der Waals surface area contributed by atoms with Crippen LogP contribution in [0.2, 0.25) is 0 Å². The third-order valence-electron chi connectivity index (χ3n) is 2.81. The van der Waals surface area contributed by atoms with Crippen LogP contribution < -0.4 is 4.90 Å². The highest BCUT2D eigenvalue weighted by molar-refractivity contribution is 9.10. The number of benzene rings is 2. The van der Waals surface area contributed by atoms with Gasteiger partial charge < -0.3 is 4.90 Å². The van der Waals surface area contributed by atoms with Crippen molar-refractivity contribution in [2.45, 2.75) is 6.54 Å². The Bertz CT molecular complexity index is 536. The van der Waals surface area contributed by atoms with Crippen LogP contribution in [0.3, 0.4) is 0 Å². The van der Waals surface area contributed by atoms with E-state index in [0.29, 0.717) is 0 Å². The molecule has 2 rings (SSSR count). The first-order chi connectivity index (χ1) is 8.70. The molecule has 3 heteroatoms. The molecule has 2 aromatic rings. The van der Waals surface area contributed by atoms with Crippen molar-refractivity contribution in [1.29, 1.82) is 0 Å². The van der Waals surface area contributed by atoms with Crippen LogP contribution in [-0.4, -0.2) is 13.3 Å². The molecule has 92 valence electrons. The highest BCUT2D eigenvalue weighted by Gasteiger charge is 2.06. The molecule has 0 amide bonds. The fourth-order valence-electron chi connectivity index (χ4n) is 1.88. The van der Waals surface area contributed by atoms with Crippen LogP contribution in [0, 0.1) is 0 Å². The topological polar surface area (TPSA) is 20.3 Å². The van der Waals surface area contributed by atoms with Crippen LogP contribution in [0.4, 0.5) is 5.69 Å². The van der Waals surface area contributed by atoms with E-state index in [1.807, 2.05) is 43.4 Å². The van der Waals surface area contributed by atoms with Gasteiger partial charge in [-0.15, -0.1) is 0 Å². The number of nitrogens with zero attached hydrogens (tertiary/aromatic N) is 1. The first-order valence-corrected chi connectivity index (χ1v) is 6.50. The lowest BCUT2D eigenvalue weighted by Crippen LogP contribution is -2.17. The second kappa shape index (κ2) is 5.83. The number of rotatable bonds is 4. The van der Waals surface area contributed by atoms with E-state index in [1.54, 1.807) is 0 Å². The van der Waals surface area contributed by atoms with E-state index in [-0.39, 0.29) is 0 Å². The molecular weight excluding hydrogens is 290 g/mol. The van der Waals surface area contributed by atoms with Crippen LogP contribution in [-0.2, 0) is 6.54 Å². The fraction of sp³-hybridized carbons (Fsp3) is 0.133. The smallest absolute Gasteiger partial charge is 0.152 e. The molecule has 0 spiro atoms. The highest BCUT2D eigenvalue weighted by Crippen LogP contribution is 2.20. The first kappa shape index (κ1) is 12.8. The molecule has 0 radical (unpaired) electrons. The van der Waals surface area contributed by atoms with E-state index in [0.717, 1.165) is 28.6 Å². The zero-order valence-corrected chi connectivity index (χ0v) is 11.7. The Balaban J connectivity index is 2.19. The third kappa shape index (κ3) is 2.99. The summed E-state index contributed by atoms with van der Waals surface area (Å²) >= 11 is 3.42. The third-order valence-corrected chi connectivity index (χ3v) is 3.34. The number of carbonyl (C=O) groups is 1. The lowest BCUT2D eigenvalue weighted by Gasteiger charge is -2.21. The average Bonchev–Trinajstić information content (AvgIpc) is 2.41. The predicted molar refractivity (Wildman–Crippen MR) is 78.1 cm³/mol. The molecule has 18 heavy (non-hydrogen) atoms. The predicted octanol–water partition coefficient (Wildman–Crippen LogP) is 3.90. The molecule has 2 nitrogen and oxygen atoms in total. The molecule has 0 N–H and O–H groups in total. The largest absolute Gasteiger partial charge is 0.370 e. The molecule has 0 aromatic heterocycles. The molecule has 0 saturated carbocycles. The molecule has 2 aromatic carbocycles. The zero-order chi connectivity index (χ0) is 13.0. The van der Waals surface area contributed by atoms with E-state index in [1.165, 1.54) is 5.56 Å². The summed E-state index contributed by atoms with van der Waals surface area (Å²) in [6.45, 7) is 0.776. The molecule has 0 fully saturated rings. The molecule has 0 aliphatic rings. The fourth-order valence-corrected chi connectivity index (χ4v) is 2.15. The van der Waals surface area contributed by atoms with Gasteiger partial charge in [0.2, 0.25) is 0 Å². The van der Waals surface area contributed by atoms with Gasteiger partial charge in [0, 0.05) is 29.3 Å². The number of anilines is 1. The summed E-state index contributed by atoms with van der Waals surface area (Å²) in [5.41, 5.74) is 2.88. The summed E-state index contributed by atoms with van der Waals surface area (Å²) in [5.74, 6) is 0. The van der Waals surface area contributed by atoms with E-state index in [9.17, 15) is 4.79 Å². The Hall–Kier alpha value is -1.61. The maximum Gasteiger partial charge on any atom is 0.152 e. The van der Waals surface area contributed by atoms with E-state index < -0.39 is 0 Å². The average molecular weight is 304 g/mol. The van der Waals surface area contributed by atoms with Gasteiger partial charge >= 0.3 is 0 Å². The summed E-state index contributed by atoms with van der Waals surface area (Å²) < 4.78 is 1.07. The minimum Gasteiger partial charge on any atom is -0.370 e. The molecular formula is C15H14BrNO. The maximum absolute atomic E-state index is 11.0. The van der Waals surface area contributed by atoms with Gasteiger partial charge in [-0.3, -0.25) is 4.79 Å².